The zero-order chi connectivity index (χ0) is 13.1. The molecule has 2 rings (SSSR count). The van der Waals surface area contributed by atoms with Gasteiger partial charge in [0, 0.05) is 12.7 Å². The molecule has 0 aliphatic carbocycles. The first kappa shape index (κ1) is 12.5. The molecule has 0 unspecified atom stereocenters. The van der Waals surface area contributed by atoms with Gasteiger partial charge in [-0.3, -0.25) is 5.43 Å². The predicted octanol–water partition coefficient (Wildman–Crippen LogP) is 2.32. The van der Waals surface area contributed by atoms with Gasteiger partial charge < -0.3 is 4.90 Å². The van der Waals surface area contributed by atoms with Crippen molar-refractivity contribution in [3.05, 3.63) is 41.3 Å². The Labute approximate surface area is 108 Å². The molecule has 1 aromatic carbocycles. The van der Waals surface area contributed by atoms with Gasteiger partial charge in [-0.05, 0) is 24.3 Å². The van der Waals surface area contributed by atoms with Crippen molar-refractivity contribution < 1.29 is 4.39 Å². The minimum absolute atomic E-state index is 0.253. The molecular weight excluding hydrogens is 257 g/mol. The number of nitrogens with one attached hydrogen (secondary N) is 1. The highest BCUT2D eigenvalue weighted by atomic mass is 35.5. The molecule has 2 aromatic rings. The van der Waals surface area contributed by atoms with E-state index in [1.54, 1.807) is 24.1 Å². The zero-order valence-electron chi connectivity index (χ0n) is 9.56. The minimum Gasteiger partial charge on any atom is -0.328 e. The summed E-state index contributed by atoms with van der Waals surface area (Å²) in [5.74, 6) is 5.67. The van der Waals surface area contributed by atoms with Crippen molar-refractivity contribution in [2.24, 2.45) is 5.84 Å². The van der Waals surface area contributed by atoms with Crippen LogP contribution in [0, 0.1) is 5.82 Å². The maximum atomic E-state index is 12.9. The molecule has 0 amide bonds. The fourth-order valence-corrected chi connectivity index (χ4v) is 1.67. The van der Waals surface area contributed by atoms with Gasteiger partial charge in [0.1, 0.15) is 10.8 Å². The van der Waals surface area contributed by atoms with Crippen molar-refractivity contribution in [1.82, 2.24) is 9.97 Å². The molecule has 0 spiro atoms. The highest BCUT2D eigenvalue weighted by Gasteiger charge is 2.11. The van der Waals surface area contributed by atoms with Gasteiger partial charge in [-0.2, -0.15) is 4.98 Å². The van der Waals surface area contributed by atoms with Crippen LogP contribution in [0.15, 0.2) is 30.5 Å². The molecule has 3 N–H and O–H groups in total. The second-order valence-electron chi connectivity index (χ2n) is 3.54. The first-order valence-electron chi connectivity index (χ1n) is 5.10. The lowest BCUT2D eigenvalue weighted by atomic mass is 10.3. The molecule has 18 heavy (non-hydrogen) atoms. The van der Waals surface area contributed by atoms with Crippen molar-refractivity contribution >= 4 is 29.1 Å². The molecular formula is C11H11ClFN5. The van der Waals surface area contributed by atoms with Crippen LogP contribution in [0.5, 0.6) is 0 Å². The monoisotopic (exact) mass is 267 g/mol. The Balaban J connectivity index is 2.38. The number of hydrogen-bond donors (Lipinski definition) is 2. The standard InChI is InChI=1S/C11H11ClFN5/c1-18(8-4-2-7(13)3-5-8)10-9(12)6-15-11(16-10)17-14/h2-6H,14H2,1H3,(H,15,16,17). The summed E-state index contributed by atoms with van der Waals surface area (Å²) in [5, 5.41) is 0.376. The summed E-state index contributed by atoms with van der Waals surface area (Å²) in [6.07, 6.45) is 1.44. The molecule has 0 saturated carbocycles. The normalized spacial score (nSPS) is 10.2. The zero-order valence-corrected chi connectivity index (χ0v) is 10.3. The van der Waals surface area contributed by atoms with Gasteiger partial charge in [-0.1, -0.05) is 11.6 Å². The fraction of sp³-hybridized carbons (Fsp3) is 0.0909. The van der Waals surface area contributed by atoms with Gasteiger partial charge in [0.2, 0.25) is 5.95 Å². The Morgan fingerprint density at radius 2 is 2.00 bits per heavy atom. The number of anilines is 3. The van der Waals surface area contributed by atoms with E-state index >= 15 is 0 Å². The van der Waals surface area contributed by atoms with Crippen molar-refractivity contribution in [3.8, 4) is 0 Å². The molecule has 0 bridgehead atoms. The van der Waals surface area contributed by atoms with Crippen LogP contribution in [0.25, 0.3) is 0 Å². The van der Waals surface area contributed by atoms with Gasteiger partial charge in [0.05, 0.1) is 6.20 Å². The van der Waals surface area contributed by atoms with Crippen LogP contribution in [-0.2, 0) is 0 Å². The molecule has 0 fully saturated rings. The van der Waals surface area contributed by atoms with Gasteiger partial charge in [0.15, 0.2) is 5.82 Å². The van der Waals surface area contributed by atoms with E-state index in [9.17, 15) is 4.39 Å². The predicted molar refractivity (Wildman–Crippen MR) is 69.3 cm³/mol. The van der Waals surface area contributed by atoms with Crippen molar-refractivity contribution in [3.63, 3.8) is 0 Å². The lowest BCUT2D eigenvalue weighted by Gasteiger charge is -2.19. The number of nitrogens with zero attached hydrogens (tertiary/aromatic N) is 3. The lowest BCUT2D eigenvalue weighted by Crippen LogP contribution is -2.16. The average Bonchev–Trinajstić information content (AvgIpc) is 2.39. The number of benzene rings is 1. The van der Waals surface area contributed by atoms with Crippen LogP contribution in [0.4, 0.5) is 21.8 Å². The number of aromatic nitrogens is 2. The maximum Gasteiger partial charge on any atom is 0.239 e. The summed E-state index contributed by atoms with van der Waals surface area (Å²) >= 11 is 6.02. The number of nitrogens with two attached hydrogens (primary N) is 1. The van der Waals surface area contributed by atoms with E-state index in [4.69, 9.17) is 17.4 Å². The lowest BCUT2D eigenvalue weighted by molar-refractivity contribution is 0.628. The molecule has 0 aliphatic rings. The van der Waals surface area contributed by atoms with Crippen molar-refractivity contribution in [2.75, 3.05) is 17.4 Å². The molecule has 1 heterocycles. The Kier molecular flexibility index (Phi) is 3.59. The second-order valence-corrected chi connectivity index (χ2v) is 3.95. The highest BCUT2D eigenvalue weighted by Crippen LogP contribution is 2.28. The summed E-state index contributed by atoms with van der Waals surface area (Å²) < 4.78 is 12.9. The Hall–Kier alpha value is -1.92. The van der Waals surface area contributed by atoms with E-state index in [2.05, 4.69) is 15.4 Å². The molecule has 0 radical (unpaired) electrons. The smallest absolute Gasteiger partial charge is 0.239 e. The van der Waals surface area contributed by atoms with Crippen LogP contribution in [-0.4, -0.2) is 17.0 Å². The number of hydrogen-bond acceptors (Lipinski definition) is 5. The van der Waals surface area contributed by atoms with E-state index in [-0.39, 0.29) is 11.8 Å². The SMILES string of the molecule is CN(c1ccc(F)cc1)c1nc(NN)ncc1Cl. The van der Waals surface area contributed by atoms with E-state index in [0.29, 0.717) is 10.8 Å². The first-order chi connectivity index (χ1) is 8.61. The third-order valence-corrected chi connectivity index (χ3v) is 2.65. The van der Waals surface area contributed by atoms with Crippen LogP contribution >= 0.6 is 11.6 Å². The molecule has 5 nitrogen and oxygen atoms in total. The third kappa shape index (κ3) is 2.49. The van der Waals surface area contributed by atoms with Crippen LogP contribution < -0.4 is 16.2 Å². The van der Waals surface area contributed by atoms with Gasteiger partial charge in [-0.25, -0.2) is 15.2 Å². The van der Waals surface area contributed by atoms with Crippen LogP contribution in [0.1, 0.15) is 0 Å². The summed E-state index contributed by atoms with van der Waals surface area (Å²) in [4.78, 5) is 9.74. The summed E-state index contributed by atoms with van der Waals surface area (Å²) in [6, 6.07) is 5.98. The molecule has 7 heteroatoms. The summed E-state index contributed by atoms with van der Waals surface area (Å²) in [6.45, 7) is 0. The number of nitrogen functional groups attached to an aromatic ring is 1. The van der Waals surface area contributed by atoms with E-state index in [1.165, 1.54) is 18.3 Å². The first-order valence-corrected chi connectivity index (χ1v) is 5.48. The van der Waals surface area contributed by atoms with E-state index < -0.39 is 0 Å². The molecule has 1 aromatic heterocycles. The summed E-state index contributed by atoms with van der Waals surface area (Å²) in [5.41, 5.74) is 3.09. The second kappa shape index (κ2) is 5.16. The largest absolute Gasteiger partial charge is 0.328 e. The Morgan fingerprint density at radius 3 is 2.61 bits per heavy atom. The molecule has 0 saturated heterocycles. The van der Waals surface area contributed by atoms with E-state index in [1.807, 2.05) is 0 Å². The fourth-order valence-electron chi connectivity index (χ4n) is 1.45. The van der Waals surface area contributed by atoms with Gasteiger partial charge in [-0.15, -0.1) is 0 Å². The highest BCUT2D eigenvalue weighted by molar-refractivity contribution is 6.33. The minimum atomic E-state index is -0.301. The number of hydrazine groups is 1. The van der Waals surface area contributed by atoms with Gasteiger partial charge >= 0.3 is 0 Å². The number of halogens is 2. The Morgan fingerprint density at radius 1 is 1.33 bits per heavy atom. The topological polar surface area (TPSA) is 67.1 Å². The molecule has 94 valence electrons. The number of rotatable bonds is 3. The van der Waals surface area contributed by atoms with Crippen molar-refractivity contribution in [1.29, 1.82) is 0 Å². The average molecular weight is 268 g/mol. The quantitative estimate of drug-likeness (QED) is 0.660. The molecule has 0 aliphatic heterocycles. The van der Waals surface area contributed by atoms with Crippen LogP contribution in [0.2, 0.25) is 5.02 Å². The van der Waals surface area contributed by atoms with Crippen LogP contribution in [0.3, 0.4) is 0 Å². The third-order valence-electron chi connectivity index (χ3n) is 2.39. The Bertz CT molecular complexity index is 546. The summed E-state index contributed by atoms with van der Waals surface area (Å²) in [7, 11) is 1.77. The van der Waals surface area contributed by atoms with Crippen molar-refractivity contribution in [2.45, 2.75) is 0 Å². The van der Waals surface area contributed by atoms with Gasteiger partial charge in [0.25, 0.3) is 0 Å². The van der Waals surface area contributed by atoms with E-state index in [0.717, 1.165) is 5.69 Å². The molecule has 0 atom stereocenters. The maximum absolute atomic E-state index is 12.9.